The van der Waals surface area contributed by atoms with Gasteiger partial charge in [0, 0.05) is 23.8 Å². The fourth-order valence-corrected chi connectivity index (χ4v) is 10.7. The topological polar surface area (TPSA) is 340 Å². The predicted molar refractivity (Wildman–Crippen MR) is 288 cm³/mol. The van der Waals surface area contributed by atoms with Crippen molar-refractivity contribution in [2.45, 2.75) is 241 Å². The summed E-state index contributed by atoms with van der Waals surface area (Å²) in [6, 6.07) is -1.40. The van der Waals surface area contributed by atoms with Crippen molar-refractivity contribution >= 4 is 45.3 Å². The van der Waals surface area contributed by atoms with Gasteiger partial charge in [-0.3, -0.25) is 28.0 Å². The van der Waals surface area contributed by atoms with Gasteiger partial charge in [0.15, 0.2) is 6.10 Å². The van der Waals surface area contributed by atoms with Crippen LogP contribution >= 0.6 is 27.4 Å². The van der Waals surface area contributed by atoms with Crippen LogP contribution in [0.2, 0.25) is 0 Å². The summed E-state index contributed by atoms with van der Waals surface area (Å²) in [6.45, 7) is 2.65. The molecule has 436 valence electrons. The van der Waals surface area contributed by atoms with Crippen LogP contribution in [0.1, 0.15) is 181 Å². The van der Waals surface area contributed by atoms with E-state index in [-0.39, 0.29) is 31.4 Å². The number of aliphatic hydroxyl groups excluding tert-OH is 5. The SMILES string of the molecule is CCCCC/C=C\C\C=C/C=C/C=C/[C@@H](SC[C@H](N)C(=O)O[C@H](COC(=O)CCCCCCCCCCCCCCCCCCC)COP(=O)(O)O[C@H]1[C@H](O)[C@@H](O)[C@H](O)[C@@H](O)[C@H]1OP(=O)(O)O)[C@@H](O)CCCC(=O)O. The number of aliphatic carboxylic acids is 1. The molecule has 0 radical (unpaired) electrons. The van der Waals surface area contributed by atoms with Gasteiger partial charge in [-0.15, -0.1) is 11.8 Å². The molecule has 0 heterocycles. The number of unbranched alkanes of at least 4 members (excludes halogenated alkanes) is 19. The number of phosphoric acid groups is 2. The van der Waals surface area contributed by atoms with Crippen molar-refractivity contribution in [3.05, 3.63) is 48.6 Å². The molecule has 11 N–H and O–H groups in total. The largest absolute Gasteiger partial charge is 0.481 e. The van der Waals surface area contributed by atoms with Crippen molar-refractivity contribution < 1.29 is 91.9 Å². The standard InChI is InChI=1S/C52H93NO19P2S/c1-3-5-7-9-11-13-15-17-18-19-20-21-23-25-27-29-31-36-45(57)68-37-40(38-69-74(66,67)72-51-49(61)47(59)46(58)48(60)50(51)71-73(63,64)65)70-52(62)41(53)39-75-43(42(54)33-32-35-44(55)56)34-30-28-26-24-22-16-14-12-10-8-6-4-2/h12,14,22,24,26,28,30,34,40-43,46-51,54,58-61H,3-11,13,15-21,23,25,27,29,31-33,35-39,53H2,1-2H3,(H,55,56)(H,66,67)(H2,63,64,65)/b14-12-,24-22-,28-26+,34-30+/t40-,41+,42+,43-,46+,47+,48-,49-,50-,51+/m1/s1. The molecular formula is C52H93NO19P2S. The van der Waals surface area contributed by atoms with Crippen molar-refractivity contribution in [3.8, 4) is 0 Å². The second kappa shape index (κ2) is 42.6. The lowest BCUT2D eigenvalue weighted by molar-refractivity contribution is -0.216. The molecule has 75 heavy (non-hydrogen) atoms. The number of ether oxygens (including phenoxy) is 2. The number of aliphatic hydroxyl groups is 5. The van der Waals surface area contributed by atoms with E-state index in [1.54, 1.807) is 24.3 Å². The smallest absolute Gasteiger partial charge is 0.472 e. The maximum atomic E-state index is 13.4. The van der Waals surface area contributed by atoms with Crippen molar-refractivity contribution in [1.29, 1.82) is 0 Å². The first kappa shape index (κ1) is 70.7. The molecule has 20 nitrogen and oxygen atoms in total. The van der Waals surface area contributed by atoms with Gasteiger partial charge in [0.05, 0.1) is 12.7 Å². The zero-order chi connectivity index (χ0) is 55.9. The molecule has 1 aliphatic carbocycles. The monoisotopic (exact) mass is 1130 g/mol. The van der Waals surface area contributed by atoms with E-state index in [1.807, 2.05) is 12.2 Å². The lowest BCUT2D eigenvalue weighted by Crippen LogP contribution is -2.64. The Balaban J connectivity index is 2.96. The molecule has 0 spiro atoms. The van der Waals surface area contributed by atoms with Crippen LogP contribution in [0.5, 0.6) is 0 Å². The number of carbonyl (C=O) groups is 3. The third-order valence-corrected chi connectivity index (χ3v) is 15.3. The summed E-state index contributed by atoms with van der Waals surface area (Å²) in [7, 11) is -11.0. The number of phosphoric ester groups is 2. The molecule has 0 aliphatic heterocycles. The minimum Gasteiger partial charge on any atom is -0.481 e. The van der Waals surface area contributed by atoms with Gasteiger partial charge in [-0.05, 0) is 38.5 Å². The highest BCUT2D eigenvalue weighted by molar-refractivity contribution is 8.00. The molecule has 0 aromatic carbocycles. The van der Waals surface area contributed by atoms with Crippen LogP contribution in [-0.2, 0) is 46.6 Å². The molecule has 0 bridgehead atoms. The lowest BCUT2D eigenvalue weighted by Gasteiger charge is -2.43. The predicted octanol–water partition coefficient (Wildman–Crippen LogP) is 8.16. The summed E-state index contributed by atoms with van der Waals surface area (Å²) >= 11 is 1.08. The number of esters is 2. The fourth-order valence-electron chi connectivity index (χ4n) is 8.03. The van der Waals surface area contributed by atoms with Gasteiger partial charge in [0.2, 0.25) is 0 Å². The van der Waals surface area contributed by atoms with E-state index in [9.17, 15) is 63.7 Å². The van der Waals surface area contributed by atoms with Crippen molar-refractivity contribution in [1.82, 2.24) is 0 Å². The number of hydrogen-bond donors (Lipinski definition) is 10. The summed E-state index contributed by atoms with van der Waals surface area (Å²) in [5.74, 6) is -2.93. The lowest BCUT2D eigenvalue weighted by atomic mass is 9.85. The molecule has 0 aromatic heterocycles. The van der Waals surface area contributed by atoms with Gasteiger partial charge in [0.1, 0.15) is 49.3 Å². The van der Waals surface area contributed by atoms with E-state index in [0.29, 0.717) is 6.42 Å². The number of nitrogens with two attached hydrogens (primary N) is 1. The summed E-state index contributed by atoms with van der Waals surface area (Å²) in [5, 5.41) is 60.7. The van der Waals surface area contributed by atoms with Crippen LogP contribution in [-0.4, -0.2) is 142 Å². The van der Waals surface area contributed by atoms with E-state index in [1.165, 1.54) is 77.0 Å². The highest BCUT2D eigenvalue weighted by atomic mass is 32.2. The van der Waals surface area contributed by atoms with Crippen LogP contribution < -0.4 is 5.73 Å². The Hall–Kier alpha value is -2.30. The van der Waals surface area contributed by atoms with Crippen LogP contribution in [0.25, 0.3) is 0 Å². The number of carbonyl (C=O) groups excluding carboxylic acids is 2. The summed E-state index contributed by atoms with van der Waals surface area (Å²) in [4.78, 5) is 66.8. The van der Waals surface area contributed by atoms with Crippen molar-refractivity contribution in [2.75, 3.05) is 19.0 Å². The number of carboxylic acids is 1. The first-order chi connectivity index (χ1) is 35.7. The van der Waals surface area contributed by atoms with Gasteiger partial charge >= 0.3 is 33.6 Å². The van der Waals surface area contributed by atoms with Gasteiger partial charge in [0.25, 0.3) is 0 Å². The molecule has 1 fully saturated rings. The average molecular weight is 1130 g/mol. The highest BCUT2D eigenvalue weighted by Gasteiger charge is 2.54. The average Bonchev–Trinajstić information content (AvgIpc) is 3.35. The zero-order valence-corrected chi connectivity index (χ0v) is 47.0. The molecule has 1 unspecified atom stereocenters. The summed E-state index contributed by atoms with van der Waals surface area (Å²) in [6.07, 6.45) is 23.6. The van der Waals surface area contributed by atoms with E-state index < -0.39 is 107 Å². The van der Waals surface area contributed by atoms with E-state index in [2.05, 4.69) is 30.5 Å². The number of allylic oxidation sites excluding steroid dienone is 7. The minimum absolute atomic E-state index is 0.0145. The summed E-state index contributed by atoms with van der Waals surface area (Å²) in [5.41, 5.74) is 6.22. The first-order valence-corrected chi connectivity index (χ1v) is 31.2. The molecule has 0 saturated heterocycles. The normalized spacial score (nSPS) is 22.0. The first-order valence-electron chi connectivity index (χ1n) is 27.1. The second-order valence-corrected chi connectivity index (χ2v) is 23.0. The Bertz CT molecular complexity index is 1750. The molecule has 0 aromatic rings. The Kier molecular flexibility index (Phi) is 40.2. The number of hydrogen-bond acceptors (Lipinski definition) is 17. The zero-order valence-electron chi connectivity index (χ0n) is 44.4. The summed E-state index contributed by atoms with van der Waals surface area (Å²) < 4.78 is 50.1. The minimum atomic E-state index is -5.52. The number of thioether (sulfide) groups is 1. The Morgan fingerprint density at radius 1 is 0.627 bits per heavy atom. The van der Waals surface area contributed by atoms with Crippen molar-refractivity contribution in [2.24, 2.45) is 5.73 Å². The quantitative estimate of drug-likeness (QED) is 0.00903. The molecule has 11 atom stereocenters. The number of rotatable bonds is 46. The van der Waals surface area contributed by atoms with Gasteiger partial charge in [-0.1, -0.05) is 178 Å². The molecule has 23 heteroatoms. The van der Waals surface area contributed by atoms with Crippen LogP contribution in [0.4, 0.5) is 0 Å². The van der Waals surface area contributed by atoms with E-state index in [0.717, 1.165) is 69.5 Å². The molecular weight excluding hydrogens is 1040 g/mol. The van der Waals surface area contributed by atoms with Crippen LogP contribution in [0.15, 0.2) is 48.6 Å². The third-order valence-electron chi connectivity index (χ3n) is 12.4. The second-order valence-electron chi connectivity index (χ2n) is 19.2. The molecule has 1 saturated carbocycles. The number of carboxylic acid groups (broad SMARTS) is 1. The van der Waals surface area contributed by atoms with Crippen LogP contribution in [0, 0.1) is 0 Å². The highest BCUT2D eigenvalue weighted by Crippen LogP contribution is 2.50. The van der Waals surface area contributed by atoms with Crippen molar-refractivity contribution in [3.63, 3.8) is 0 Å². The maximum absolute atomic E-state index is 13.4. The third kappa shape index (κ3) is 35.8. The van der Waals surface area contributed by atoms with Crippen LogP contribution in [0.3, 0.4) is 0 Å². The Morgan fingerprint density at radius 3 is 1.69 bits per heavy atom. The van der Waals surface area contributed by atoms with Gasteiger partial charge in [-0.25, -0.2) is 9.13 Å². The fraction of sp³-hybridized carbons (Fsp3) is 0.788. The Labute approximate surface area is 449 Å². The van der Waals surface area contributed by atoms with Gasteiger partial charge < -0.3 is 60.5 Å². The molecule has 0 amide bonds. The Morgan fingerprint density at radius 2 is 1.15 bits per heavy atom. The van der Waals surface area contributed by atoms with Gasteiger partial charge in [-0.2, -0.15) is 0 Å². The molecule has 1 rings (SSSR count). The van der Waals surface area contributed by atoms with E-state index >= 15 is 0 Å². The molecule has 1 aliphatic rings. The van der Waals surface area contributed by atoms with E-state index in [4.69, 9.17) is 29.4 Å². The maximum Gasteiger partial charge on any atom is 0.472 e.